The molecule has 0 aliphatic rings. The van der Waals surface area contributed by atoms with Gasteiger partial charge in [0.05, 0.1) is 5.39 Å². The van der Waals surface area contributed by atoms with Crippen molar-refractivity contribution in [2.75, 3.05) is 5.32 Å². The topological polar surface area (TPSA) is 59.3 Å². The molecule has 1 N–H and O–H groups in total. The van der Waals surface area contributed by atoms with Crippen LogP contribution >= 0.6 is 27.5 Å². The average Bonchev–Trinajstić information content (AvgIpc) is 2.62. The first-order valence-electron chi connectivity index (χ1n) is 7.74. The number of fused-ring (bicyclic) bond motifs is 2. The van der Waals surface area contributed by atoms with E-state index in [4.69, 9.17) is 16.0 Å². The zero-order valence-electron chi connectivity index (χ0n) is 13.3. The molecular weight excluding hydrogens is 418 g/mol. The van der Waals surface area contributed by atoms with Crippen molar-refractivity contribution in [1.29, 1.82) is 0 Å². The summed E-state index contributed by atoms with van der Waals surface area (Å²) in [5.41, 5.74) is 0.607. The van der Waals surface area contributed by atoms with Gasteiger partial charge in [-0.25, -0.2) is 0 Å². The fourth-order valence-electron chi connectivity index (χ4n) is 2.76. The van der Waals surface area contributed by atoms with Crippen molar-refractivity contribution >= 4 is 60.9 Å². The molecule has 0 radical (unpaired) electrons. The van der Waals surface area contributed by atoms with Gasteiger partial charge >= 0.3 is 0 Å². The van der Waals surface area contributed by atoms with Gasteiger partial charge in [0.1, 0.15) is 5.58 Å². The maximum absolute atomic E-state index is 12.5. The van der Waals surface area contributed by atoms with Gasteiger partial charge in [-0.3, -0.25) is 9.59 Å². The summed E-state index contributed by atoms with van der Waals surface area (Å²) >= 11 is 9.39. The molecule has 3 aromatic carbocycles. The minimum absolute atomic E-state index is 0.0563. The van der Waals surface area contributed by atoms with E-state index in [-0.39, 0.29) is 11.2 Å². The van der Waals surface area contributed by atoms with E-state index in [9.17, 15) is 9.59 Å². The number of hydrogen-bond donors (Lipinski definition) is 1. The molecule has 0 aliphatic heterocycles. The molecule has 1 amide bonds. The lowest BCUT2D eigenvalue weighted by atomic mass is 10.1. The summed E-state index contributed by atoms with van der Waals surface area (Å²) in [5.74, 6) is -0.549. The van der Waals surface area contributed by atoms with Gasteiger partial charge in [-0.05, 0) is 47.2 Å². The second-order valence-corrected chi connectivity index (χ2v) is 7.04. The zero-order valence-corrected chi connectivity index (χ0v) is 15.6. The summed E-state index contributed by atoms with van der Waals surface area (Å²) in [6.45, 7) is 0. The number of nitrogens with one attached hydrogen (secondary N) is 1. The van der Waals surface area contributed by atoms with E-state index >= 15 is 0 Å². The Morgan fingerprint density at radius 1 is 1.00 bits per heavy atom. The monoisotopic (exact) mass is 427 g/mol. The van der Waals surface area contributed by atoms with Gasteiger partial charge in [-0.15, -0.1) is 0 Å². The fourth-order valence-corrected chi connectivity index (χ4v) is 3.44. The summed E-state index contributed by atoms with van der Waals surface area (Å²) < 4.78 is 6.54. The van der Waals surface area contributed by atoms with Gasteiger partial charge in [0.15, 0.2) is 11.2 Å². The minimum Gasteiger partial charge on any atom is -0.451 e. The predicted octanol–water partition coefficient (Wildman–Crippen LogP) is 5.61. The Hall–Kier alpha value is -2.63. The molecule has 0 spiro atoms. The molecule has 0 atom stereocenters. The van der Waals surface area contributed by atoms with Crippen LogP contribution in [0, 0.1) is 0 Å². The first-order valence-corrected chi connectivity index (χ1v) is 8.91. The van der Waals surface area contributed by atoms with Crippen LogP contribution in [0.5, 0.6) is 0 Å². The quantitative estimate of drug-likeness (QED) is 0.451. The van der Waals surface area contributed by atoms with Crippen molar-refractivity contribution < 1.29 is 9.21 Å². The lowest BCUT2D eigenvalue weighted by Gasteiger charge is -2.07. The highest BCUT2D eigenvalue weighted by Gasteiger charge is 2.13. The molecule has 0 fully saturated rings. The van der Waals surface area contributed by atoms with Crippen molar-refractivity contribution in [3.63, 3.8) is 0 Å². The Kier molecular flexibility index (Phi) is 4.26. The lowest BCUT2D eigenvalue weighted by Crippen LogP contribution is -2.15. The maximum atomic E-state index is 12.5. The Labute approximate surface area is 161 Å². The Bertz CT molecular complexity index is 1230. The van der Waals surface area contributed by atoms with Gasteiger partial charge in [-0.2, -0.15) is 0 Å². The van der Waals surface area contributed by atoms with Crippen LogP contribution in [0.2, 0.25) is 5.02 Å². The van der Waals surface area contributed by atoms with Crippen LogP contribution in [0.25, 0.3) is 21.7 Å². The van der Waals surface area contributed by atoms with Gasteiger partial charge in [0.2, 0.25) is 0 Å². The molecule has 0 unspecified atom stereocenters. The van der Waals surface area contributed by atoms with Crippen LogP contribution < -0.4 is 10.7 Å². The Morgan fingerprint density at radius 3 is 2.69 bits per heavy atom. The highest BCUT2D eigenvalue weighted by molar-refractivity contribution is 9.10. The first kappa shape index (κ1) is 16.8. The molecule has 4 aromatic rings. The molecule has 1 heterocycles. The number of halogens is 2. The molecule has 0 saturated heterocycles. The average molecular weight is 429 g/mol. The minimum atomic E-state index is -0.492. The number of carbonyl (C=O) groups is 1. The normalized spacial score (nSPS) is 11.0. The van der Waals surface area contributed by atoms with Crippen LogP contribution in [-0.2, 0) is 0 Å². The smallest absolute Gasteiger partial charge is 0.291 e. The van der Waals surface area contributed by atoms with Gasteiger partial charge < -0.3 is 9.73 Å². The molecule has 1 aromatic heterocycles. The standard InChI is InChI=1S/C20H11BrClNO3/c21-16-3-1-2-11-8-13(5-6-14(11)16)23-20(25)19-10-17(24)15-9-12(22)4-7-18(15)26-19/h1-10H,(H,23,25). The van der Waals surface area contributed by atoms with Gasteiger partial charge in [0, 0.05) is 21.2 Å². The van der Waals surface area contributed by atoms with Crippen LogP contribution in [0.15, 0.2) is 74.3 Å². The third kappa shape index (κ3) is 3.11. The van der Waals surface area contributed by atoms with Crippen LogP contribution in [0.1, 0.15) is 10.6 Å². The molecule has 6 heteroatoms. The first-order chi connectivity index (χ1) is 12.5. The second kappa shape index (κ2) is 6.59. The molecule has 128 valence electrons. The number of anilines is 1. The largest absolute Gasteiger partial charge is 0.451 e. The van der Waals surface area contributed by atoms with Crippen molar-refractivity contribution in [3.8, 4) is 0 Å². The summed E-state index contributed by atoms with van der Waals surface area (Å²) in [6.07, 6.45) is 0. The highest BCUT2D eigenvalue weighted by Crippen LogP contribution is 2.26. The van der Waals surface area contributed by atoms with Crippen molar-refractivity contribution in [2.45, 2.75) is 0 Å². The van der Waals surface area contributed by atoms with E-state index in [1.807, 2.05) is 30.3 Å². The summed E-state index contributed by atoms with van der Waals surface area (Å²) in [6, 6.07) is 17.3. The Morgan fingerprint density at radius 2 is 1.85 bits per heavy atom. The van der Waals surface area contributed by atoms with Crippen LogP contribution in [0.4, 0.5) is 5.69 Å². The molecular formula is C20H11BrClNO3. The molecule has 0 saturated carbocycles. The van der Waals surface area contributed by atoms with Crippen molar-refractivity contribution in [3.05, 3.63) is 86.1 Å². The van der Waals surface area contributed by atoms with Crippen molar-refractivity contribution in [2.24, 2.45) is 0 Å². The third-order valence-electron chi connectivity index (χ3n) is 4.00. The SMILES string of the molecule is O=C(Nc1ccc2c(Br)cccc2c1)c1cc(=O)c2cc(Cl)ccc2o1. The molecule has 4 nitrogen and oxygen atoms in total. The maximum Gasteiger partial charge on any atom is 0.291 e. The van der Waals surface area contributed by atoms with Gasteiger partial charge in [-0.1, -0.05) is 45.7 Å². The summed E-state index contributed by atoms with van der Waals surface area (Å²) in [7, 11) is 0. The van der Waals surface area contributed by atoms with Gasteiger partial charge in [0.25, 0.3) is 5.91 Å². The van der Waals surface area contributed by atoms with E-state index in [0.29, 0.717) is 21.7 Å². The number of carbonyl (C=O) groups excluding carboxylic acids is 1. The van der Waals surface area contributed by atoms with Crippen molar-refractivity contribution in [1.82, 2.24) is 0 Å². The highest BCUT2D eigenvalue weighted by atomic mass is 79.9. The number of benzene rings is 3. The van der Waals surface area contributed by atoms with E-state index in [1.54, 1.807) is 18.2 Å². The fraction of sp³-hybridized carbons (Fsp3) is 0. The lowest BCUT2D eigenvalue weighted by molar-refractivity contribution is 0.0997. The third-order valence-corrected chi connectivity index (χ3v) is 4.92. The Balaban J connectivity index is 1.69. The van der Waals surface area contributed by atoms with E-state index < -0.39 is 5.91 Å². The summed E-state index contributed by atoms with van der Waals surface area (Å²) in [4.78, 5) is 24.7. The van der Waals surface area contributed by atoms with E-state index in [2.05, 4.69) is 21.2 Å². The molecule has 0 aliphatic carbocycles. The number of amides is 1. The van der Waals surface area contributed by atoms with E-state index in [1.165, 1.54) is 12.1 Å². The summed E-state index contributed by atoms with van der Waals surface area (Å²) in [5, 5.41) is 5.55. The molecule has 26 heavy (non-hydrogen) atoms. The molecule has 0 bridgehead atoms. The number of rotatable bonds is 2. The van der Waals surface area contributed by atoms with E-state index in [0.717, 1.165) is 15.2 Å². The molecule has 4 rings (SSSR count). The number of hydrogen-bond acceptors (Lipinski definition) is 3. The van der Waals surface area contributed by atoms with Crippen LogP contribution in [-0.4, -0.2) is 5.91 Å². The zero-order chi connectivity index (χ0) is 18.3. The predicted molar refractivity (Wildman–Crippen MR) is 107 cm³/mol. The second-order valence-electron chi connectivity index (χ2n) is 5.75. The van der Waals surface area contributed by atoms with Crippen LogP contribution in [0.3, 0.4) is 0 Å².